The summed E-state index contributed by atoms with van der Waals surface area (Å²) in [7, 11) is 0. The lowest BCUT2D eigenvalue weighted by Gasteiger charge is -2.25. The van der Waals surface area contributed by atoms with E-state index in [1.54, 1.807) is 18.2 Å². The van der Waals surface area contributed by atoms with E-state index in [0.717, 1.165) is 22.6 Å². The predicted octanol–water partition coefficient (Wildman–Crippen LogP) is 6.82. The molecular weight excluding hydrogens is 302 g/mol. The van der Waals surface area contributed by atoms with E-state index in [1.165, 1.54) is 5.56 Å². The first-order valence-electron chi connectivity index (χ1n) is 9.30. The first-order chi connectivity index (χ1) is 13.2. The van der Waals surface area contributed by atoms with Crippen molar-refractivity contribution in [3.63, 3.8) is 0 Å². The third-order valence-electron chi connectivity index (χ3n) is 4.14. The third kappa shape index (κ3) is 3.31. The second kappa shape index (κ2) is 7.06. The Morgan fingerprint density at radius 2 is 1.00 bits per heavy atom. The van der Waals surface area contributed by atoms with E-state index in [4.69, 9.17) is 2.74 Å². The SMILES string of the molecule is [3H]c1ccc(N(c2ccc(-c3ccccc3)cc2)c2cccc([3H])c2)cc1. The number of nitrogens with zero attached hydrogens (tertiary/aromatic N) is 1. The summed E-state index contributed by atoms with van der Waals surface area (Å²) in [6.07, 6.45) is 0. The maximum Gasteiger partial charge on any atom is 0.0623 e. The van der Waals surface area contributed by atoms with Gasteiger partial charge in [0.1, 0.15) is 0 Å². The lowest BCUT2D eigenvalue weighted by Crippen LogP contribution is -2.09. The van der Waals surface area contributed by atoms with Crippen molar-refractivity contribution in [2.24, 2.45) is 0 Å². The van der Waals surface area contributed by atoms with Crippen molar-refractivity contribution in [1.82, 2.24) is 0 Å². The van der Waals surface area contributed by atoms with Gasteiger partial charge in [0.15, 0.2) is 0 Å². The van der Waals surface area contributed by atoms with Crippen molar-refractivity contribution in [2.45, 2.75) is 0 Å². The van der Waals surface area contributed by atoms with Gasteiger partial charge in [0.05, 0.1) is 2.74 Å². The van der Waals surface area contributed by atoms with E-state index < -0.39 is 0 Å². The molecule has 0 saturated carbocycles. The van der Waals surface area contributed by atoms with Crippen LogP contribution in [0.1, 0.15) is 2.74 Å². The van der Waals surface area contributed by atoms with E-state index in [2.05, 4.69) is 41.3 Å². The molecule has 25 heavy (non-hydrogen) atoms. The normalized spacial score (nSPS) is 11.5. The molecule has 0 aliphatic rings. The van der Waals surface area contributed by atoms with Gasteiger partial charge in [-0.25, -0.2) is 0 Å². The molecule has 0 fully saturated rings. The summed E-state index contributed by atoms with van der Waals surface area (Å²) in [4.78, 5) is 2.10. The molecule has 1 nitrogen and oxygen atoms in total. The average Bonchev–Trinajstić information content (AvgIpc) is 2.71. The molecule has 0 aromatic heterocycles. The minimum absolute atomic E-state index is 0.468. The second-order valence-corrected chi connectivity index (χ2v) is 5.77. The molecule has 0 saturated heterocycles. The van der Waals surface area contributed by atoms with E-state index in [1.807, 2.05) is 48.5 Å². The monoisotopic (exact) mass is 325 g/mol. The van der Waals surface area contributed by atoms with E-state index in [0.29, 0.717) is 12.1 Å². The standard InChI is InChI=1S/C24H19N/c1-4-10-20(11-5-1)21-16-18-24(19-17-21)25(22-12-6-2-7-13-22)23-14-8-3-9-15-23/h1-19H/i2T,8T. The molecular formula is C24H19N. The van der Waals surface area contributed by atoms with Crippen molar-refractivity contribution in [3.05, 3.63) is 115 Å². The van der Waals surface area contributed by atoms with Crippen LogP contribution in [0, 0.1) is 0 Å². The summed E-state index contributed by atoms with van der Waals surface area (Å²) in [5, 5.41) is 0. The Morgan fingerprint density at radius 3 is 1.72 bits per heavy atom. The fraction of sp³-hybridized carbons (Fsp3) is 0. The fourth-order valence-electron chi connectivity index (χ4n) is 2.93. The number of anilines is 3. The molecule has 0 N–H and O–H groups in total. The van der Waals surface area contributed by atoms with Gasteiger partial charge < -0.3 is 4.90 Å². The van der Waals surface area contributed by atoms with Gasteiger partial charge in [0.25, 0.3) is 0 Å². The van der Waals surface area contributed by atoms with Crippen molar-refractivity contribution < 1.29 is 2.74 Å². The summed E-state index contributed by atoms with van der Waals surface area (Å²) in [5.74, 6) is 0. The number of rotatable bonds is 4. The summed E-state index contributed by atoms with van der Waals surface area (Å²) >= 11 is 0. The Balaban J connectivity index is 1.77. The van der Waals surface area contributed by atoms with Crippen LogP contribution < -0.4 is 4.90 Å². The quantitative estimate of drug-likeness (QED) is 0.398. The number of para-hydroxylation sites is 2. The Morgan fingerprint density at radius 1 is 0.440 bits per heavy atom. The zero-order chi connectivity index (χ0) is 18.6. The van der Waals surface area contributed by atoms with Crippen molar-refractivity contribution in [2.75, 3.05) is 4.90 Å². The lowest BCUT2D eigenvalue weighted by atomic mass is 10.0. The fourth-order valence-corrected chi connectivity index (χ4v) is 2.93. The van der Waals surface area contributed by atoms with Gasteiger partial charge in [-0.2, -0.15) is 0 Å². The number of hydrogen-bond donors (Lipinski definition) is 0. The maximum atomic E-state index is 7.98. The van der Waals surface area contributed by atoms with Crippen molar-refractivity contribution in [1.29, 1.82) is 0 Å². The number of hydrogen-bond acceptors (Lipinski definition) is 1. The van der Waals surface area contributed by atoms with Gasteiger partial charge in [-0.3, -0.25) is 0 Å². The minimum atomic E-state index is 0.468. The highest BCUT2D eigenvalue weighted by molar-refractivity contribution is 5.78. The van der Waals surface area contributed by atoms with Gasteiger partial charge in [0, 0.05) is 17.1 Å². The Bertz CT molecular complexity index is 1030. The molecule has 4 rings (SSSR count). The first kappa shape index (κ1) is 13.0. The molecule has 0 atom stereocenters. The number of benzene rings is 4. The highest BCUT2D eigenvalue weighted by atomic mass is 15.1. The molecule has 0 radical (unpaired) electrons. The highest BCUT2D eigenvalue weighted by Crippen LogP contribution is 2.35. The summed E-state index contributed by atoms with van der Waals surface area (Å²) < 4.78 is 15.7. The molecule has 120 valence electrons. The predicted molar refractivity (Wildman–Crippen MR) is 107 cm³/mol. The van der Waals surface area contributed by atoms with E-state index in [-0.39, 0.29) is 0 Å². The summed E-state index contributed by atoms with van der Waals surface area (Å²) in [6, 6.07) is 34.6. The molecule has 0 amide bonds. The molecule has 0 bridgehead atoms. The first-order valence-corrected chi connectivity index (χ1v) is 8.30. The van der Waals surface area contributed by atoms with Gasteiger partial charge in [-0.15, -0.1) is 0 Å². The van der Waals surface area contributed by atoms with Crippen LogP contribution in [0.25, 0.3) is 11.1 Å². The van der Waals surface area contributed by atoms with Crippen molar-refractivity contribution >= 4 is 17.1 Å². The van der Waals surface area contributed by atoms with Crippen LogP contribution in [0.2, 0.25) is 0 Å². The van der Waals surface area contributed by atoms with Crippen LogP contribution in [-0.4, -0.2) is 0 Å². The molecule has 0 aliphatic heterocycles. The molecule has 4 aromatic rings. The third-order valence-corrected chi connectivity index (χ3v) is 4.14. The Hall–Kier alpha value is -3.32. The zero-order valence-electron chi connectivity index (χ0n) is 15.8. The summed E-state index contributed by atoms with van der Waals surface area (Å²) in [6.45, 7) is 0. The molecule has 0 heterocycles. The minimum Gasteiger partial charge on any atom is -0.311 e. The van der Waals surface area contributed by atoms with Gasteiger partial charge in [-0.1, -0.05) is 78.8 Å². The zero-order valence-corrected chi connectivity index (χ0v) is 13.8. The van der Waals surface area contributed by atoms with Gasteiger partial charge >= 0.3 is 0 Å². The van der Waals surface area contributed by atoms with E-state index in [9.17, 15) is 0 Å². The van der Waals surface area contributed by atoms with Crippen molar-refractivity contribution in [3.8, 4) is 11.1 Å². The maximum absolute atomic E-state index is 7.98. The van der Waals surface area contributed by atoms with Crippen LogP contribution in [0.5, 0.6) is 0 Å². The van der Waals surface area contributed by atoms with Crippen LogP contribution in [0.3, 0.4) is 0 Å². The molecule has 1 heteroatoms. The largest absolute Gasteiger partial charge is 0.311 e. The molecule has 4 aromatic carbocycles. The summed E-state index contributed by atoms with van der Waals surface area (Å²) in [5.41, 5.74) is 5.24. The molecule has 0 unspecified atom stereocenters. The Labute approximate surface area is 151 Å². The second-order valence-electron chi connectivity index (χ2n) is 5.77. The topological polar surface area (TPSA) is 3.24 Å². The molecule has 0 aliphatic carbocycles. The highest BCUT2D eigenvalue weighted by Gasteiger charge is 2.11. The molecule has 0 spiro atoms. The van der Waals surface area contributed by atoms with E-state index >= 15 is 0 Å². The smallest absolute Gasteiger partial charge is 0.0623 e. The van der Waals surface area contributed by atoms with Gasteiger partial charge in [0.2, 0.25) is 0 Å². The Kier molecular flexibility index (Phi) is 3.68. The average molecular weight is 325 g/mol. The van der Waals surface area contributed by atoms with Crippen LogP contribution in [-0.2, 0) is 0 Å². The van der Waals surface area contributed by atoms with Crippen LogP contribution >= 0.6 is 0 Å². The van der Waals surface area contributed by atoms with Crippen LogP contribution in [0.4, 0.5) is 17.1 Å². The van der Waals surface area contributed by atoms with Crippen LogP contribution in [0.15, 0.2) is 115 Å². The lowest BCUT2D eigenvalue weighted by molar-refractivity contribution is 1.28. The van der Waals surface area contributed by atoms with Gasteiger partial charge in [-0.05, 0) is 47.5 Å².